The minimum atomic E-state index is -0.352. The van der Waals surface area contributed by atoms with Crippen molar-refractivity contribution in [3.8, 4) is 0 Å². The largest absolute Gasteiger partial charge is 0.460 e. The lowest BCUT2D eigenvalue weighted by Gasteiger charge is -2.25. The van der Waals surface area contributed by atoms with Gasteiger partial charge in [-0.25, -0.2) is 9.37 Å². The zero-order valence-electron chi connectivity index (χ0n) is 32.8. The maximum atomic E-state index is 11.9. The van der Waals surface area contributed by atoms with E-state index in [1.807, 2.05) is 32.9 Å². The molecule has 0 radical (unpaired) electrons. The Morgan fingerprint density at radius 2 is 1.59 bits per heavy atom. The van der Waals surface area contributed by atoms with Crippen molar-refractivity contribution in [1.29, 1.82) is 0 Å². The van der Waals surface area contributed by atoms with Crippen molar-refractivity contribution in [3.63, 3.8) is 0 Å². The number of hydrogen-bond donors (Lipinski definition) is 0. The summed E-state index contributed by atoms with van der Waals surface area (Å²) in [6.45, 7) is 32.3. The van der Waals surface area contributed by atoms with Crippen molar-refractivity contribution < 1.29 is 14.1 Å². The highest BCUT2D eigenvalue weighted by Crippen LogP contribution is 2.33. The zero-order valence-corrected chi connectivity index (χ0v) is 33.5. The third-order valence-electron chi connectivity index (χ3n) is 7.96. The van der Waals surface area contributed by atoms with E-state index in [9.17, 15) is 4.79 Å². The number of aryl methyl sites for hydroxylation is 1. The minimum Gasteiger partial charge on any atom is -0.460 e. The van der Waals surface area contributed by atoms with Crippen molar-refractivity contribution in [2.24, 2.45) is 0 Å². The van der Waals surface area contributed by atoms with E-state index < -0.39 is 0 Å². The highest BCUT2D eigenvalue weighted by Gasteiger charge is 2.16. The summed E-state index contributed by atoms with van der Waals surface area (Å²) in [5.74, 6) is -0.352. The summed E-state index contributed by atoms with van der Waals surface area (Å²) in [5, 5.41) is 0. The topological polar surface area (TPSA) is 35.8 Å². The Labute approximate surface area is 305 Å². The summed E-state index contributed by atoms with van der Waals surface area (Å²) < 4.78 is 7.76. The van der Waals surface area contributed by atoms with E-state index in [0.29, 0.717) is 18.7 Å². The van der Waals surface area contributed by atoms with Gasteiger partial charge >= 0.3 is 5.97 Å². The number of hydrogen-bond acceptors (Lipinski definition) is 4. The van der Waals surface area contributed by atoms with Crippen LogP contribution in [0.4, 0.5) is 5.69 Å². The summed E-state index contributed by atoms with van der Waals surface area (Å²) in [6.07, 6.45) is 19.6. The number of alkyl halides is 1. The molecule has 0 saturated heterocycles. The molecule has 49 heavy (non-hydrogen) atoms. The lowest BCUT2D eigenvalue weighted by molar-refractivity contribution is -0.519. The van der Waals surface area contributed by atoms with Crippen molar-refractivity contribution in [2.45, 2.75) is 82.6 Å². The van der Waals surface area contributed by atoms with Gasteiger partial charge in [-0.1, -0.05) is 39.5 Å². The van der Waals surface area contributed by atoms with Gasteiger partial charge in [-0.15, -0.1) is 17.3 Å². The quantitative estimate of drug-likeness (QED) is 0.0432. The summed E-state index contributed by atoms with van der Waals surface area (Å²) in [4.78, 5) is 16.5. The van der Waals surface area contributed by atoms with Crippen molar-refractivity contribution in [2.75, 3.05) is 57.2 Å². The average molecular weight is 691 g/mol. The molecule has 1 aliphatic carbocycles. The molecule has 5 nitrogen and oxygen atoms in total. The predicted octanol–water partition coefficient (Wildman–Crippen LogP) is 10.5. The van der Waals surface area contributed by atoms with Crippen LogP contribution in [0.25, 0.3) is 5.57 Å². The van der Waals surface area contributed by atoms with Crippen LogP contribution in [-0.4, -0.2) is 73.4 Å². The number of carbonyl (C=O) groups excluding carboxylic acids is 1. The Hall–Kier alpha value is -3.79. The minimum absolute atomic E-state index is 0.309. The van der Waals surface area contributed by atoms with Crippen LogP contribution < -0.4 is 4.90 Å². The highest BCUT2D eigenvalue weighted by atomic mass is 35.5. The molecule has 0 fully saturated rings. The fourth-order valence-electron chi connectivity index (χ4n) is 5.49. The fraction of sp³-hybridized carbons (Fsp3) is 0.465. The van der Waals surface area contributed by atoms with Gasteiger partial charge in [-0.05, 0) is 132 Å². The van der Waals surface area contributed by atoms with E-state index in [1.165, 1.54) is 40.1 Å². The van der Waals surface area contributed by atoms with Gasteiger partial charge in [0.2, 0.25) is 0 Å². The van der Waals surface area contributed by atoms with E-state index in [0.717, 1.165) is 50.4 Å². The molecular formula is C43H65ClN3O2+. The normalized spacial score (nSPS) is 11.9. The van der Waals surface area contributed by atoms with E-state index in [-0.39, 0.29) is 5.97 Å². The number of carbonyl (C=O) groups is 1. The average Bonchev–Trinajstić information content (AvgIpc) is 3.12. The van der Waals surface area contributed by atoms with E-state index in [4.69, 9.17) is 4.74 Å². The van der Waals surface area contributed by atoms with Crippen LogP contribution in [0.15, 0.2) is 102 Å². The van der Waals surface area contributed by atoms with Crippen molar-refractivity contribution in [3.05, 3.63) is 113 Å². The summed E-state index contributed by atoms with van der Waals surface area (Å²) in [6, 6.07) is 6.80. The number of ether oxygens (including phenoxy) is 1. The molecule has 0 saturated carbocycles. The number of halogens is 1. The third-order valence-corrected chi connectivity index (χ3v) is 7.96. The molecular weight excluding hydrogens is 626 g/mol. The third kappa shape index (κ3) is 14.7. The Morgan fingerprint density at radius 1 is 0.980 bits per heavy atom. The smallest absolute Gasteiger partial charge is 0.333 e. The molecule has 0 aliphatic heterocycles. The fourth-order valence-corrected chi connectivity index (χ4v) is 5.49. The maximum Gasteiger partial charge on any atom is 0.333 e. The molecule has 0 spiro atoms. The standard InChI is InChI=1S/C40H56N3O2.C2H6.CH3Cl/c1-11-18-35(43(27-12-2)28-29-45-40(44)31(7)8)20-17-19-32(9)39(34-21-23-36(24-22-34)41(13-3)14-4)38-26-25-37(30-33(38)10)42(15-5)16-6;2*1-2/h11,17-18,20-26,30H,7,12-16,27-29H2,1-6,8-10H3;1-2H3;1H3/q+1;;/b18-11-,35-20+;;. The van der Waals surface area contributed by atoms with E-state index in [2.05, 4.69) is 141 Å². The molecule has 0 aromatic heterocycles. The molecule has 0 N–H and O–H groups in total. The second-order valence-corrected chi connectivity index (χ2v) is 11.2. The van der Waals surface area contributed by atoms with Gasteiger partial charge < -0.3 is 14.5 Å². The highest BCUT2D eigenvalue weighted by molar-refractivity contribution is 6.15. The first-order valence-electron chi connectivity index (χ1n) is 18.0. The van der Waals surface area contributed by atoms with Gasteiger partial charge in [-0.2, -0.15) is 0 Å². The second kappa shape index (κ2) is 26.1. The van der Waals surface area contributed by atoms with Crippen LogP contribution in [0.3, 0.4) is 0 Å². The first-order valence-corrected chi connectivity index (χ1v) is 18.7. The van der Waals surface area contributed by atoms with Crippen LogP contribution >= 0.6 is 11.6 Å². The van der Waals surface area contributed by atoms with E-state index >= 15 is 0 Å². The van der Waals surface area contributed by atoms with Gasteiger partial charge in [0, 0.05) is 55.1 Å². The molecule has 1 aromatic rings. The molecule has 0 amide bonds. The number of allylic oxidation sites excluding steroid dienone is 10. The van der Waals surface area contributed by atoms with Gasteiger partial charge in [0.1, 0.15) is 19.7 Å². The summed E-state index contributed by atoms with van der Waals surface area (Å²) >= 11 is 4.64. The number of anilines is 1. The lowest BCUT2D eigenvalue weighted by Crippen LogP contribution is -2.28. The molecule has 0 bridgehead atoms. The summed E-state index contributed by atoms with van der Waals surface area (Å²) in [7, 11) is 0. The number of nitrogens with zero attached hydrogens (tertiary/aromatic N) is 3. The molecule has 6 heteroatoms. The van der Waals surface area contributed by atoms with E-state index in [1.54, 1.807) is 6.92 Å². The molecule has 1 aliphatic rings. The van der Waals surface area contributed by atoms with Gasteiger partial charge in [0.05, 0.1) is 6.54 Å². The Bertz CT molecular complexity index is 1420. The Morgan fingerprint density at radius 3 is 2.08 bits per heavy atom. The van der Waals surface area contributed by atoms with Crippen molar-refractivity contribution in [1.82, 2.24) is 4.90 Å². The van der Waals surface area contributed by atoms with Crippen LogP contribution in [-0.2, 0) is 9.53 Å². The molecule has 1 aromatic carbocycles. The number of rotatable bonds is 16. The van der Waals surface area contributed by atoms with Crippen molar-refractivity contribution >= 4 is 34.5 Å². The van der Waals surface area contributed by atoms with Gasteiger partial charge in [-0.3, -0.25) is 0 Å². The van der Waals surface area contributed by atoms with Crippen LogP contribution in [0, 0.1) is 6.92 Å². The lowest BCUT2D eigenvalue weighted by atomic mass is 9.89. The number of benzene rings is 1. The first-order chi connectivity index (χ1) is 23.6. The zero-order chi connectivity index (χ0) is 37.4. The number of esters is 1. The molecule has 0 atom stereocenters. The summed E-state index contributed by atoms with van der Waals surface area (Å²) in [5.41, 5.74) is 13.4. The molecule has 0 heterocycles. The van der Waals surface area contributed by atoms with Gasteiger partial charge in [0.15, 0.2) is 5.71 Å². The second-order valence-electron chi connectivity index (χ2n) is 11.2. The monoisotopic (exact) mass is 690 g/mol. The SMILES string of the molecule is C=C(C)C(=O)OCCN(CCC)C(/C=C\C)=C/C=C=C(C)C(=C1C=CC(=[N+](CC)CC)C=C1)c1ccc(N(CC)CC)cc1C.CC.CCl. The Balaban J connectivity index is 0.00000554. The van der Waals surface area contributed by atoms with Crippen LogP contribution in [0.2, 0.25) is 0 Å². The maximum absolute atomic E-state index is 11.9. The predicted molar refractivity (Wildman–Crippen MR) is 217 cm³/mol. The van der Waals surface area contributed by atoms with Gasteiger partial charge in [0.25, 0.3) is 0 Å². The van der Waals surface area contributed by atoms with Crippen LogP contribution in [0.5, 0.6) is 0 Å². The Kier molecular flexibility index (Phi) is 24.1. The first kappa shape index (κ1) is 45.2. The molecule has 0 unspecified atom stereocenters. The molecule has 270 valence electrons. The van der Waals surface area contributed by atoms with Crippen LogP contribution in [0.1, 0.15) is 86.8 Å². The molecule has 2 rings (SSSR count).